The molecular weight excluding hydrogens is 256 g/mol. The second-order valence-electron chi connectivity index (χ2n) is 5.96. The molecule has 1 unspecified atom stereocenters. The summed E-state index contributed by atoms with van der Waals surface area (Å²) in [5.41, 5.74) is -0.737. The topological polar surface area (TPSA) is 67.2 Å². The van der Waals surface area contributed by atoms with Crippen LogP contribution in [0, 0.1) is 5.92 Å². The number of nitrogens with one attached hydrogen (secondary N) is 1. The molecule has 1 aromatic heterocycles. The van der Waals surface area contributed by atoms with E-state index in [1.54, 1.807) is 11.1 Å². The number of carbonyl (C=O) groups is 2. The zero-order valence-corrected chi connectivity index (χ0v) is 11.9. The van der Waals surface area contributed by atoms with Crippen LogP contribution in [0.15, 0.2) is 12.4 Å². The quantitative estimate of drug-likeness (QED) is 0.871. The van der Waals surface area contributed by atoms with E-state index in [4.69, 9.17) is 0 Å². The zero-order valence-electron chi connectivity index (χ0n) is 11.9. The zero-order chi connectivity index (χ0) is 14.3. The number of nitrogens with zero attached hydrogens (tertiary/aromatic N) is 3. The average Bonchev–Trinajstić information content (AvgIpc) is 3.19. The summed E-state index contributed by atoms with van der Waals surface area (Å²) in [6, 6.07) is 0. The maximum absolute atomic E-state index is 12.8. The molecule has 6 heteroatoms. The minimum atomic E-state index is -0.737. The van der Waals surface area contributed by atoms with Crippen LogP contribution in [-0.2, 0) is 23.2 Å². The Bertz CT molecular complexity index is 549. The van der Waals surface area contributed by atoms with E-state index in [2.05, 4.69) is 10.3 Å². The van der Waals surface area contributed by atoms with Crippen molar-refractivity contribution in [3.8, 4) is 0 Å². The highest BCUT2D eigenvalue weighted by atomic mass is 16.2. The lowest BCUT2D eigenvalue weighted by Gasteiger charge is -2.32. The molecule has 2 heterocycles. The van der Waals surface area contributed by atoms with Crippen LogP contribution in [0.4, 0.5) is 0 Å². The summed E-state index contributed by atoms with van der Waals surface area (Å²) >= 11 is 0. The first-order valence-corrected chi connectivity index (χ1v) is 7.07. The number of aryl methyl sites for hydroxylation is 1. The third-order valence-corrected chi connectivity index (χ3v) is 4.39. The summed E-state index contributed by atoms with van der Waals surface area (Å²) in [7, 11) is 1.91. The van der Waals surface area contributed by atoms with E-state index in [-0.39, 0.29) is 17.7 Å². The van der Waals surface area contributed by atoms with Crippen LogP contribution in [0.1, 0.15) is 32.0 Å². The molecule has 1 saturated heterocycles. The van der Waals surface area contributed by atoms with Gasteiger partial charge in [0.25, 0.3) is 0 Å². The molecule has 1 N–H and O–H groups in total. The van der Waals surface area contributed by atoms with Crippen LogP contribution in [0.25, 0.3) is 0 Å². The summed E-state index contributed by atoms with van der Waals surface area (Å²) < 4.78 is 1.90. The number of aromatic nitrogens is 2. The molecule has 0 aromatic carbocycles. The molecule has 2 fully saturated rings. The predicted molar refractivity (Wildman–Crippen MR) is 72.5 cm³/mol. The number of rotatable bonds is 3. The Morgan fingerprint density at radius 3 is 2.80 bits per heavy atom. The number of imidazole rings is 1. The lowest BCUT2D eigenvalue weighted by atomic mass is 9.94. The van der Waals surface area contributed by atoms with E-state index in [0.717, 1.165) is 18.7 Å². The minimum absolute atomic E-state index is 0.0221. The van der Waals surface area contributed by atoms with Crippen molar-refractivity contribution in [3.05, 3.63) is 18.2 Å². The lowest BCUT2D eigenvalue weighted by Crippen LogP contribution is -2.56. The molecule has 1 aliphatic heterocycles. The van der Waals surface area contributed by atoms with Crippen LogP contribution < -0.4 is 5.32 Å². The van der Waals surface area contributed by atoms with Gasteiger partial charge in [-0.25, -0.2) is 4.98 Å². The van der Waals surface area contributed by atoms with Gasteiger partial charge in [-0.15, -0.1) is 0 Å². The molecule has 0 spiro atoms. The molecule has 6 nitrogen and oxygen atoms in total. The molecule has 2 amide bonds. The van der Waals surface area contributed by atoms with E-state index in [1.165, 1.54) is 0 Å². The van der Waals surface area contributed by atoms with Gasteiger partial charge in [-0.3, -0.25) is 9.59 Å². The lowest BCUT2D eigenvalue weighted by molar-refractivity contribution is -0.139. The largest absolute Gasteiger partial charge is 0.342 e. The van der Waals surface area contributed by atoms with Gasteiger partial charge in [-0.2, -0.15) is 0 Å². The summed E-state index contributed by atoms with van der Waals surface area (Å²) in [5.74, 6) is 1.11. The summed E-state index contributed by atoms with van der Waals surface area (Å²) in [6.07, 6.45) is 5.97. The highest BCUT2D eigenvalue weighted by Crippen LogP contribution is 2.41. The first-order valence-electron chi connectivity index (χ1n) is 7.07. The Hall–Kier alpha value is -1.85. The van der Waals surface area contributed by atoms with Gasteiger partial charge >= 0.3 is 0 Å². The van der Waals surface area contributed by atoms with Gasteiger partial charge in [-0.1, -0.05) is 0 Å². The number of hydrogen-bond donors (Lipinski definition) is 1. The highest BCUT2D eigenvalue weighted by Gasteiger charge is 2.51. The van der Waals surface area contributed by atoms with Crippen molar-refractivity contribution in [1.82, 2.24) is 19.8 Å². The fourth-order valence-electron chi connectivity index (χ4n) is 2.88. The predicted octanol–water partition coefficient (Wildman–Crippen LogP) is 0.437. The van der Waals surface area contributed by atoms with Crippen molar-refractivity contribution in [3.63, 3.8) is 0 Å². The number of hydrogen-bond acceptors (Lipinski definition) is 3. The Kier molecular flexibility index (Phi) is 3.03. The van der Waals surface area contributed by atoms with Gasteiger partial charge in [0.1, 0.15) is 11.4 Å². The summed E-state index contributed by atoms with van der Waals surface area (Å²) in [5, 5.41) is 2.93. The number of amides is 2. The molecule has 2 aliphatic rings. The van der Waals surface area contributed by atoms with E-state index >= 15 is 0 Å². The van der Waals surface area contributed by atoms with Crippen molar-refractivity contribution in [2.24, 2.45) is 13.0 Å². The first kappa shape index (κ1) is 13.1. The third-order valence-electron chi connectivity index (χ3n) is 4.39. The van der Waals surface area contributed by atoms with E-state index in [1.807, 2.05) is 24.7 Å². The molecule has 1 saturated carbocycles. The van der Waals surface area contributed by atoms with Crippen molar-refractivity contribution in [2.45, 2.75) is 38.3 Å². The fourth-order valence-corrected chi connectivity index (χ4v) is 2.88. The molecule has 20 heavy (non-hydrogen) atoms. The molecule has 108 valence electrons. The Balaban J connectivity index is 1.84. The molecular formula is C14H20N4O2. The van der Waals surface area contributed by atoms with Gasteiger partial charge < -0.3 is 14.8 Å². The van der Waals surface area contributed by atoms with Crippen molar-refractivity contribution >= 4 is 11.8 Å². The molecule has 1 aliphatic carbocycles. The normalized spacial score (nSPS) is 27.4. The van der Waals surface area contributed by atoms with Gasteiger partial charge in [-0.05, 0) is 25.7 Å². The van der Waals surface area contributed by atoms with Gasteiger partial charge in [0, 0.05) is 32.4 Å². The fraction of sp³-hybridized carbons (Fsp3) is 0.643. The van der Waals surface area contributed by atoms with Crippen LogP contribution in [-0.4, -0.2) is 38.3 Å². The van der Waals surface area contributed by atoms with Crippen LogP contribution in [0.5, 0.6) is 0 Å². The molecule has 3 rings (SSSR count). The van der Waals surface area contributed by atoms with Gasteiger partial charge in [0.15, 0.2) is 0 Å². The van der Waals surface area contributed by atoms with E-state index in [9.17, 15) is 9.59 Å². The Labute approximate surface area is 118 Å². The van der Waals surface area contributed by atoms with E-state index < -0.39 is 5.54 Å². The monoisotopic (exact) mass is 276 g/mol. The summed E-state index contributed by atoms with van der Waals surface area (Å²) in [4.78, 5) is 30.7. The SMILES string of the molecule is Cn1ccnc1CN1CCC(=O)NC(C)(C2CC2)C1=O. The molecule has 0 bridgehead atoms. The molecule has 1 aromatic rings. The van der Waals surface area contributed by atoms with Crippen molar-refractivity contribution in [2.75, 3.05) is 6.54 Å². The highest BCUT2D eigenvalue weighted by molar-refractivity contribution is 5.93. The third kappa shape index (κ3) is 2.19. The van der Waals surface area contributed by atoms with Crippen LogP contribution >= 0.6 is 0 Å². The summed E-state index contributed by atoms with van der Waals surface area (Å²) in [6.45, 7) is 2.78. The van der Waals surface area contributed by atoms with Gasteiger partial charge in [0.05, 0.1) is 6.54 Å². The van der Waals surface area contributed by atoms with Crippen molar-refractivity contribution in [1.29, 1.82) is 0 Å². The first-order chi connectivity index (χ1) is 9.50. The molecule has 1 atom stereocenters. The van der Waals surface area contributed by atoms with Crippen LogP contribution in [0.2, 0.25) is 0 Å². The van der Waals surface area contributed by atoms with Gasteiger partial charge in [0.2, 0.25) is 11.8 Å². The second kappa shape index (κ2) is 4.61. The van der Waals surface area contributed by atoms with Crippen molar-refractivity contribution < 1.29 is 9.59 Å². The van der Waals surface area contributed by atoms with Crippen LogP contribution in [0.3, 0.4) is 0 Å². The molecule has 0 radical (unpaired) electrons. The maximum atomic E-state index is 12.8. The Morgan fingerprint density at radius 1 is 1.45 bits per heavy atom. The number of carbonyl (C=O) groups excluding carboxylic acids is 2. The average molecular weight is 276 g/mol. The smallest absolute Gasteiger partial charge is 0.248 e. The minimum Gasteiger partial charge on any atom is -0.342 e. The Morgan fingerprint density at radius 2 is 2.20 bits per heavy atom. The van der Waals surface area contributed by atoms with E-state index in [0.29, 0.717) is 19.5 Å². The maximum Gasteiger partial charge on any atom is 0.248 e. The second-order valence-corrected chi connectivity index (χ2v) is 5.96. The standard InChI is InChI=1S/C14H20N4O2/c1-14(10-3-4-10)13(20)18(7-5-12(19)16-14)9-11-15-6-8-17(11)2/h6,8,10H,3-5,7,9H2,1-2H3,(H,16,19).